The SMILES string of the molecule is Nc1ncnc2c1ncn2[C@@H]1O[C@H](CN(CC[C@H](N)C(=O)O)C2CN(CCCC3CCCC3)C2)[C@@H](O)[C@H]1O. The smallest absolute Gasteiger partial charge is 0.320 e. The van der Waals surface area contributed by atoms with Crippen molar-refractivity contribution in [1.82, 2.24) is 29.3 Å². The van der Waals surface area contributed by atoms with Gasteiger partial charge in [0.05, 0.1) is 6.33 Å². The molecule has 0 bridgehead atoms. The van der Waals surface area contributed by atoms with Gasteiger partial charge in [0.1, 0.15) is 36.2 Å². The minimum absolute atomic E-state index is 0.205. The minimum Gasteiger partial charge on any atom is -0.480 e. The number of imidazole rings is 1. The van der Waals surface area contributed by atoms with Gasteiger partial charge in [0.15, 0.2) is 17.7 Å². The van der Waals surface area contributed by atoms with Crippen LogP contribution < -0.4 is 11.5 Å². The molecule has 5 atom stereocenters. The third-order valence-electron chi connectivity index (χ3n) is 8.47. The molecule has 1 saturated carbocycles. The molecule has 13 heteroatoms. The van der Waals surface area contributed by atoms with Crippen LogP contribution in [0.25, 0.3) is 11.2 Å². The van der Waals surface area contributed by atoms with Gasteiger partial charge >= 0.3 is 5.97 Å². The van der Waals surface area contributed by atoms with E-state index in [2.05, 4.69) is 24.8 Å². The number of aliphatic hydroxyl groups is 2. The summed E-state index contributed by atoms with van der Waals surface area (Å²) in [6.07, 6.45) is 7.09. The number of hydrogen-bond acceptors (Lipinski definition) is 11. The number of hydrogen-bond donors (Lipinski definition) is 5. The number of ether oxygens (including phenoxy) is 1. The molecule has 2 aromatic heterocycles. The number of nitrogen functional groups attached to an aromatic ring is 1. The fraction of sp³-hybridized carbons (Fsp3) is 0.760. The number of aliphatic carboxylic acids is 1. The molecule has 7 N–H and O–H groups in total. The molecule has 2 saturated heterocycles. The van der Waals surface area contributed by atoms with E-state index in [0.29, 0.717) is 24.3 Å². The Bertz CT molecular complexity index is 1090. The second-order valence-electron chi connectivity index (χ2n) is 11.1. The van der Waals surface area contributed by atoms with Crippen LogP contribution in [0.15, 0.2) is 12.7 Å². The summed E-state index contributed by atoms with van der Waals surface area (Å²) in [4.78, 5) is 28.3. The number of rotatable bonds is 12. The maximum atomic E-state index is 11.3. The summed E-state index contributed by atoms with van der Waals surface area (Å²) in [5, 5.41) is 31.0. The average molecular weight is 533 g/mol. The molecule has 0 unspecified atom stereocenters. The highest BCUT2D eigenvalue weighted by Crippen LogP contribution is 2.33. The van der Waals surface area contributed by atoms with E-state index in [-0.39, 0.29) is 18.3 Å². The zero-order valence-corrected chi connectivity index (χ0v) is 21.7. The summed E-state index contributed by atoms with van der Waals surface area (Å²) < 4.78 is 7.71. The number of nitrogens with zero attached hydrogens (tertiary/aromatic N) is 6. The predicted molar refractivity (Wildman–Crippen MR) is 139 cm³/mol. The minimum atomic E-state index is -1.20. The van der Waals surface area contributed by atoms with E-state index in [1.807, 2.05) is 0 Å². The Morgan fingerprint density at radius 2 is 1.95 bits per heavy atom. The highest BCUT2D eigenvalue weighted by molar-refractivity contribution is 5.81. The highest BCUT2D eigenvalue weighted by atomic mass is 16.6. The van der Waals surface area contributed by atoms with E-state index in [9.17, 15) is 20.1 Å². The van der Waals surface area contributed by atoms with Gasteiger partial charge in [-0.3, -0.25) is 14.3 Å². The van der Waals surface area contributed by atoms with Crippen LogP contribution in [-0.2, 0) is 9.53 Å². The van der Waals surface area contributed by atoms with Crippen LogP contribution in [0, 0.1) is 5.92 Å². The number of aliphatic hydroxyl groups excluding tert-OH is 2. The van der Waals surface area contributed by atoms with Crippen LogP contribution in [0.1, 0.15) is 51.2 Å². The maximum Gasteiger partial charge on any atom is 0.320 e. The molecule has 3 aliphatic rings. The van der Waals surface area contributed by atoms with Crippen molar-refractivity contribution in [1.29, 1.82) is 0 Å². The maximum absolute atomic E-state index is 11.3. The Morgan fingerprint density at radius 3 is 2.68 bits per heavy atom. The second kappa shape index (κ2) is 11.8. The molecule has 1 aliphatic carbocycles. The summed E-state index contributed by atoms with van der Waals surface area (Å²) in [5.41, 5.74) is 12.5. The van der Waals surface area contributed by atoms with Gasteiger partial charge in [-0.1, -0.05) is 25.7 Å². The molecule has 4 heterocycles. The monoisotopic (exact) mass is 532 g/mol. The normalized spacial score (nSPS) is 27.9. The van der Waals surface area contributed by atoms with E-state index in [1.54, 1.807) is 4.57 Å². The Balaban J connectivity index is 1.21. The van der Waals surface area contributed by atoms with E-state index in [4.69, 9.17) is 16.2 Å². The van der Waals surface area contributed by atoms with Crippen molar-refractivity contribution in [3.63, 3.8) is 0 Å². The van der Waals surface area contributed by atoms with Crippen molar-refractivity contribution >= 4 is 23.0 Å². The first kappa shape index (κ1) is 27.2. The van der Waals surface area contributed by atoms with Crippen molar-refractivity contribution < 1.29 is 24.9 Å². The number of aromatic nitrogens is 4. The highest BCUT2D eigenvalue weighted by Gasteiger charge is 2.46. The number of likely N-dealkylation sites (tertiary alicyclic amines) is 1. The van der Waals surface area contributed by atoms with Crippen molar-refractivity contribution in [2.45, 2.75) is 81.6 Å². The first-order valence-corrected chi connectivity index (χ1v) is 13.7. The van der Waals surface area contributed by atoms with Crippen molar-refractivity contribution in [2.24, 2.45) is 11.7 Å². The molecule has 0 aromatic carbocycles. The van der Waals surface area contributed by atoms with Gasteiger partial charge in [0.25, 0.3) is 0 Å². The van der Waals surface area contributed by atoms with Gasteiger partial charge in [-0.25, -0.2) is 15.0 Å². The topological polar surface area (TPSA) is 189 Å². The lowest BCUT2D eigenvalue weighted by atomic mass is 9.99. The van der Waals surface area contributed by atoms with Crippen LogP contribution >= 0.6 is 0 Å². The Morgan fingerprint density at radius 1 is 1.18 bits per heavy atom. The molecule has 38 heavy (non-hydrogen) atoms. The zero-order valence-electron chi connectivity index (χ0n) is 21.7. The van der Waals surface area contributed by atoms with E-state index in [0.717, 1.165) is 25.6 Å². The van der Waals surface area contributed by atoms with E-state index in [1.165, 1.54) is 51.2 Å². The molecule has 2 aliphatic heterocycles. The summed E-state index contributed by atoms with van der Waals surface area (Å²) in [7, 11) is 0. The van der Waals surface area contributed by atoms with Crippen molar-refractivity contribution in [3.05, 3.63) is 12.7 Å². The quantitative estimate of drug-likeness (QED) is 0.242. The fourth-order valence-corrected chi connectivity index (χ4v) is 6.11. The first-order valence-electron chi connectivity index (χ1n) is 13.7. The third-order valence-corrected chi connectivity index (χ3v) is 8.47. The molecule has 13 nitrogen and oxygen atoms in total. The van der Waals surface area contributed by atoms with E-state index < -0.39 is 36.6 Å². The van der Waals surface area contributed by atoms with Crippen LogP contribution in [0.4, 0.5) is 5.82 Å². The van der Waals surface area contributed by atoms with Gasteiger partial charge < -0.3 is 36.4 Å². The number of carboxylic acid groups (broad SMARTS) is 1. The van der Waals surface area contributed by atoms with E-state index >= 15 is 0 Å². The summed E-state index contributed by atoms with van der Waals surface area (Å²) >= 11 is 0. The van der Waals surface area contributed by atoms with Gasteiger partial charge in [-0.05, 0) is 31.7 Å². The second-order valence-corrected chi connectivity index (χ2v) is 11.1. The van der Waals surface area contributed by atoms with Crippen LogP contribution in [0.5, 0.6) is 0 Å². The number of nitrogens with two attached hydrogens (primary N) is 2. The van der Waals surface area contributed by atoms with Crippen LogP contribution in [0.2, 0.25) is 0 Å². The molecule has 0 amide bonds. The van der Waals surface area contributed by atoms with Gasteiger partial charge in [-0.15, -0.1) is 0 Å². The Kier molecular flexibility index (Phi) is 8.41. The van der Waals surface area contributed by atoms with Crippen molar-refractivity contribution in [3.8, 4) is 0 Å². The van der Waals surface area contributed by atoms with Gasteiger partial charge in [-0.2, -0.15) is 0 Å². The van der Waals surface area contributed by atoms with Gasteiger partial charge in [0, 0.05) is 32.2 Å². The number of carboxylic acids is 1. The Labute approximate surface area is 221 Å². The lowest BCUT2D eigenvalue weighted by Gasteiger charge is -2.46. The molecule has 0 radical (unpaired) electrons. The first-order chi connectivity index (χ1) is 18.3. The zero-order chi connectivity index (χ0) is 26.8. The fourth-order valence-electron chi connectivity index (χ4n) is 6.11. The van der Waals surface area contributed by atoms with Crippen LogP contribution in [0.3, 0.4) is 0 Å². The summed E-state index contributed by atoms with van der Waals surface area (Å²) in [6, 6.07) is -0.758. The molecule has 5 rings (SSSR count). The standard InChI is InChI=1S/C25H40N8O5/c26-17(25(36)37)7-9-32(16-10-31(11-16)8-3-6-15-4-1-2-5-15)12-18-20(34)21(35)24(38-18)33-14-30-19-22(27)28-13-29-23(19)33/h13-18,20-21,24,34-35H,1-12,26H2,(H,36,37)(H2,27,28,29)/t17-,18+,20+,21+,24+/m0/s1. The molecule has 0 spiro atoms. The van der Waals surface area contributed by atoms with Gasteiger partial charge in [0.2, 0.25) is 0 Å². The number of anilines is 1. The summed E-state index contributed by atoms with van der Waals surface area (Å²) in [5.74, 6) is 0.0713. The molecule has 2 aromatic rings. The molecular weight excluding hydrogens is 492 g/mol. The average Bonchev–Trinajstić information content (AvgIpc) is 3.60. The molecular formula is C25H40N8O5. The molecule has 3 fully saturated rings. The number of carbonyl (C=O) groups is 1. The lowest BCUT2D eigenvalue weighted by Crippen LogP contribution is -2.61. The third kappa shape index (κ3) is 5.77. The lowest BCUT2D eigenvalue weighted by molar-refractivity contribution is -0.138. The largest absolute Gasteiger partial charge is 0.480 e. The van der Waals surface area contributed by atoms with Crippen molar-refractivity contribution in [2.75, 3.05) is 38.5 Å². The van der Waals surface area contributed by atoms with Crippen LogP contribution in [-0.4, -0.2) is 114 Å². The Hall–Kier alpha value is -2.42. The number of fused-ring (bicyclic) bond motifs is 1. The molecule has 210 valence electrons. The summed E-state index contributed by atoms with van der Waals surface area (Å²) in [6.45, 7) is 3.62. The predicted octanol–water partition coefficient (Wildman–Crippen LogP) is -0.214.